The summed E-state index contributed by atoms with van der Waals surface area (Å²) in [5.41, 5.74) is 1.13. The molecule has 0 aliphatic heterocycles. The Bertz CT molecular complexity index is 1000. The van der Waals surface area contributed by atoms with Crippen molar-refractivity contribution < 1.29 is 19.2 Å². The molecule has 8 nitrogen and oxygen atoms in total. The van der Waals surface area contributed by atoms with Crippen LogP contribution in [-0.2, 0) is 9.53 Å². The van der Waals surface area contributed by atoms with Gasteiger partial charge in [0.15, 0.2) is 6.10 Å². The second-order valence-electron chi connectivity index (χ2n) is 5.97. The molecule has 1 aromatic heterocycles. The Morgan fingerprint density at radius 1 is 1.21 bits per heavy atom. The highest BCUT2D eigenvalue weighted by Crippen LogP contribution is 2.30. The van der Waals surface area contributed by atoms with Crippen molar-refractivity contribution in [1.29, 1.82) is 0 Å². The van der Waals surface area contributed by atoms with Gasteiger partial charge >= 0.3 is 11.7 Å². The van der Waals surface area contributed by atoms with Crippen LogP contribution < -0.4 is 10.1 Å². The van der Waals surface area contributed by atoms with E-state index in [0.29, 0.717) is 22.3 Å². The molecule has 0 bridgehead atoms. The summed E-state index contributed by atoms with van der Waals surface area (Å²) < 4.78 is 10.4. The number of aromatic nitrogens is 1. The molecule has 3 rings (SSSR count). The molecule has 0 spiro atoms. The Morgan fingerprint density at radius 3 is 2.61 bits per heavy atom. The molecule has 0 fully saturated rings. The highest BCUT2D eigenvalue weighted by atomic mass is 16.6. The lowest BCUT2D eigenvalue weighted by Crippen LogP contribution is -2.26. The van der Waals surface area contributed by atoms with Crippen LogP contribution in [0.5, 0.6) is 5.75 Å². The number of nitrogens with zero attached hydrogens (tertiary/aromatic N) is 2. The minimum absolute atomic E-state index is 0.116. The third kappa shape index (κ3) is 4.35. The van der Waals surface area contributed by atoms with E-state index in [1.165, 1.54) is 6.07 Å². The van der Waals surface area contributed by atoms with Crippen molar-refractivity contribution in [3.8, 4) is 5.75 Å². The molecule has 2 aromatic carbocycles. The molecule has 0 aliphatic rings. The van der Waals surface area contributed by atoms with Crippen LogP contribution in [0.2, 0.25) is 0 Å². The number of pyridine rings is 1. The number of para-hydroxylation sites is 1. The van der Waals surface area contributed by atoms with Crippen LogP contribution >= 0.6 is 0 Å². The molecule has 28 heavy (non-hydrogen) atoms. The Balaban J connectivity index is 1.79. The monoisotopic (exact) mass is 381 g/mol. The maximum atomic E-state index is 11.6. The average molecular weight is 381 g/mol. The van der Waals surface area contributed by atoms with Crippen molar-refractivity contribution in [3.05, 3.63) is 64.7 Å². The fourth-order valence-corrected chi connectivity index (χ4v) is 2.60. The van der Waals surface area contributed by atoms with Crippen molar-refractivity contribution in [2.45, 2.75) is 20.0 Å². The van der Waals surface area contributed by atoms with E-state index < -0.39 is 17.0 Å². The zero-order valence-electron chi connectivity index (χ0n) is 15.4. The number of nitrogens with one attached hydrogen (secondary N) is 1. The predicted octanol–water partition coefficient (Wildman–Crippen LogP) is 4.22. The molecule has 144 valence electrons. The lowest BCUT2D eigenvalue weighted by molar-refractivity contribution is -0.384. The third-order valence-electron chi connectivity index (χ3n) is 3.95. The molecule has 0 saturated carbocycles. The van der Waals surface area contributed by atoms with Gasteiger partial charge in [-0.3, -0.25) is 10.1 Å². The van der Waals surface area contributed by atoms with Gasteiger partial charge in [0.1, 0.15) is 5.75 Å². The molecular formula is C20H19N3O5. The first-order valence-electron chi connectivity index (χ1n) is 8.72. The third-order valence-corrected chi connectivity index (χ3v) is 3.95. The van der Waals surface area contributed by atoms with Gasteiger partial charge in [-0.15, -0.1) is 0 Å². The van der Waals surface area contributed by atoms with Gasteiger partial charge in [0.05, 0.1) is 17.0 Å². The number of nitro groups is 1. The minimum atomic E-state index is -0.734. The SMILES string of the molecule is CCOC(=O)C(C)Oc1ccc(Nc2nc3ccccc3cc2[N+](=O)[O-])cc1. The Kier molecular flexibility index (Phi) is 5.69. The van der Waals surface area contributed by atoms with E-state index >= 15 is 0 Å². The summed E-state index contributed by atoms with van der Waals surface area (Å²) in [6, 6.07) is 15.4. The lowest BCUT2D eigenvalue weighted by Gasteiger charge is -2.14. The zero-order chi connectivity index (χ0) is 20.1. The number of hydrogen-bond donors (Lipinski definition) is 1. The first-order chi connectivity index (χ1) is 13.5. The van der Waals surface area contributed by atoms with Crippen molar-refractivity contribution >= 4 is 34.1 Å². The summed E-state index contributed by atoms with van der Waals surface area (Å²) in [4.78, 5) is 26.9. The van der Waals surface area contributed by atoms with Crippen LogP contribution in [0.15, 0.2) is 54.6 Å². The van der Waals surface area contributed by atoms with E-state index in [-0.39, 0.29) is 18.1 Å². The molecule has 1 unspecified atom stereocenters. The average Bonchev–Trinajstić information content (AvgIpc) is 2.69. The van der Waals surface area contributed by atoms with E-state index in [1.807, 2.05) is 6.07 Å². The predicted molar refractivity (Wildman–Crippen MR) is 105 cm³/mol. The quantitative estimate of drug-likeness (QED) is 0.371. The van der Waals surface area contributed by atoms with Crippen molar-refractivity contribution in [2.75, 3.05) is 11.9 Å². The second kappa shape index (κ2) is 8.34. The number of benzene rings is 2. The van der Waals surface area contributed by atoms with Gasteiger partial charge in [-0.05, 0) is 44.2 Å². The van der Waals surface area contributed by atoms with E-state index in [2.05, 4.69) is 10.3 Å². The molecule has 1 heterocycles. The molecule has 0 amide bonds. The van der Waals surface area contributed by atoms with Crippen LogP contribution in [-0.4, -0.2) is 28.6 Å². The number of carbonyl (C=O) groups is 1. The van der Waals surface area contributed by atoms with E-state index in [4.69, 9.17) is 9.47 Å². The maximum absolute atomic E-state index is 11.6. The smallest absolute Gasteiger partial charge is 0.347 e. The molecule has 0 aliphatic carbocycles. The second-order valence-corrected chi connectivity index (χ2v) is 5.97. The summed E-state index contributed by atoms with van der Waals surface area (Å²) in [5.74, 6) is 0.185. The van der Waals surface area contributed by atoms with Crippen LogP contribution in [0.1, 0.15) is 13.8 Å². The highest BCUT2D eigenvalue weighted by Gasteiger charge is 2.18. The number of anilines is 2. The van der Waals surface area contributed by atoms with Gasteiger partial charge < -0.3 is 14.8 Å². The highest BCUT2D eigenvalue weighted by molar-refractivity contribution is 5.85. The molecule has 1 N–H and O–H groups in total. The Hall–Kier alpha value is -3.68. The summed E-state index contributed by atoms with van der Waals surface area (Å²) >= 11 is 0. The topological polar surface area (TPSA) is 104 Å². The maximum Gasteiger partial charge on any atom is 0.347 e. The molecule has 8 heteroatoms. The standard InChI is InChI=1S/C20H19N3O5/c1-3-27-20(24)13(2)28-16-10-8-15(9-11-16)21-19-18(23(25)26)12-14-6-4-5-7-17(14)22-19/h4-13H,3H2,1-2H3,(H,21,22). The number of fused-ring (bicyclic) bond motifs is 1. The van der Waals surface area contributed by atoms with E-state index in [0.717, 1.165) is 0 Å². The van der Waals surface area contributed by atoms with Gasteiger partial charge in [0.2, 0.25) is 5.82 Å². The Morgan fingerprint density at radius 2 is 1.93 bits per heavy atom. The number of hydrogen-bond acceptors (Lipinski definition) is 7. The number of esters is 1. The van der Waals surface area contributed by atoms with Crippen LogP contribution in [0.25, 0.3) is 10.9 Å². The Labute approximate surface area is 161 Å². The number of rotatable bonds is 7. The summed E-state index contributed by atoms with van der Waals surface area (Å²) in [6.07, 6.45) is -0.734. The van der Waals surface area contributed by atoms with Gasteiger partial charge in [-0.2, -0.15) is 0 Å². The summed E-state index contributed by atoms with van der Waals surface area (Å²) in [6.45, 7) is 3.62. The normalized spacial score (nSPS) is 11.6. The van der Waals surface area contributed by atoms with Gasteiger partial charge in [-0.25, -0.2) is 9.78 Å². The zero-order valence-corrected chi connectivity index (χ0v) is 15.4. The van der Waals surface area contributed by atoms with Crippen LogP contribution in [0, 0.1) is 10.1 Å². The number of carbonyl (C=O) groups excluding carboxylic acids is 1. The van der Waals surface area contributed by atoms with Crippen molar-refractivity contribution in [2.24, 2.45) is 0 Å². The molecular weight excluding hydrogens is 362 g/mol. The van der Waals surface area contributed by atoms with E-state index in [1.54, 1.807) is 56.3 Å². The molecule has 3 aromatic rings. The largest absolute Gasteiger partial charge is 0.479 e. The summed E-state index contributed by atoms with van der Waals surface area (Å²) in [5, 5.41) is 15.1. The summed E-state index contributed by atoms with van der Waals surface area (Å²) in [7, 11) is 0. The molecule has 1 atom stereocenters. The fourth-order valence-electron chi connectivity index (χ4n) is 2.60. The molecule has 0 radical (unpaired) electrons. The van der Waals surface area contributed by atoms with Crippen LogP contribution in [0.4, 0.5) is 17.2 Å². The molecule has 0 saturated heterocycles. The minimum Gasteiger partial charge on any atom is -0.479 e. The first-order valence-corrected chi connectivity index (χ1v) is 8.72. The van der Waals surface area contributed by atoms with E-state index in [9.17, 15) is 14.9 Å². The number of ether oxygens (including phenoxy) is 2. The van der Waals surface area contributed by atoms with Gasteiger partial charge in [-0.1, -0.05) is 18.2 Å². The first kappa shape index (κ1) is 19.1. The lowest BCUT2D eigenvalue weighted by atomic mass is 10.2. The van der Waals surface area contributed by atoms with Gasteiger partial charge in [0.25, 0.3) is 0 Å². The fraction of sp³-hybridized carbons (Fsp3) is 0.200. The van der Waals surface area contributed by atoms with Crippen molar-refractivity contribution in [1.82, 2.24) is 4.98 Å². The van der Waals surface area contributed by atoms with Crippen LogP contribution in [0.3, 0.4) is 0 Å². The van der Waals surface area contributed by atoms with Gasteiger partial charge in [0, 0.05) is 17.1 Å². The van der Waals surface area contributed by atoms with Crippen molar-refractivity contribution in [3.63, 3.8) is 0 Å².